The lowest BCUT2D eigenvalue weighted by molar-refractivity contribution is -0.142. The molecular weight excluding hydrogens is 293 g/mol. The fraction of sp³-hybridized carbons (Fsp3) is 0.188. The third-order valence-corrected chi connectivity index (χ3v) is 3.52. The number of aliphatic hydroxyl groups is 1. The van der Waals surface area contributed by atoms with Crippen LogP contribution in [0.4, 0.5) is 13.2 Å². The van der Waals surface area contributed by atoms with E-state index in [1.165, 1.54) is 10.5 Å². The number of aromatic nitrogens is 2. The van der Waals surface area contributed by atoms with E-state index in [4.69, 9.17) is 0 Å². The predicted molar refractivity (Wildman–Crippen MR) is 75.4 cm³/mol. The minimum atomic E-state index is -4.64. The minimum absolute atomic E-state index is 0.164. The molecule has 3 rings (SSSR count). The van der Waals surface area contributed by atoms with Gasteiger partial charge < -0.3 is 5.11 Å². The number of pyridine rings is 1. The van der Waals surface area contributed by atoms with Crippen LogP contribution in [0.25, 0.3) is 5.65 Å². The lowest BCUT2D eigenvalue weighted by Gasteiger charge is -2.15. The van der Waals surface area contributed by atoms with Crippen LogP contribution >= 0.6 is 0 Å². The highest BCUT2D eigenvalue weighted by Gasteiger charge is 2.40. The minimum Gasteiger partial charge on any atom is -0.382 e. The zero-order valence-corrected chi connectivity index (χ0v) is 11.7. The SMILES string of the molecule is Cc1cccc2nc(C(F)(F)F)c(C(O)c3ccccc3)n12. The lowest BCUT2D eigenvalue weighted by atomic mass is 10.0. The Labute approximate surface area is 124 Å². The molecule has 0 aliphatic carbocycles. The first kappa shape index (κ1) is 14.6. The number of hydrogen-bond donors (Lipinski definition) is 1. The fourth-order valence-corrected chi connectivity index (χ4v) is 2.54. The largest absolute Gasteiger partial charge is 0.435 e. The maximum atomic E-state index is 13.3. The van der Waals surface area contributed by atoms with Crippen molar-refractivity contribution in [2.75, 3.05) is 0 Å². The van der Waals surface area contributed by atoms with Crippen LogP contribution in [0.5, 0.6) is 0 Å². The monoisotopic (exact) mass is 306 g/mol. The Morgan fingerprint density at radius 3 is 2.36 bits per heavy atom. The summed E-state index contributed by atoms with van der Waals surface area (Å²) in [7, 11) is 0. The van der Waals surface area contributed by atoms with Gasteiger partial charge >= 0.3 is 6.18 Å². The van der Waals surface area contributed by atoms with E-state index < -0.39 is 18.0 Å². The van der Waals surface area contributed by atoms with Gasteiger partial charge in [0.1, 0.15) is 11.8 Å². The Balaban J connectivity index is 2.31. The summed E-state index contributed by atoms with van der Waals surface area (Å²) in [6, 6.07) is 13.0. The Kier molecular flexibility index (Phi) is 3.41. The van der Waals surface area contributed by atoms with Crippen molar-refractivity contribution in [3.8, 4) is 0 Å². The highest BCUT2D eigenvalue weighted by atomic mass is 19.4. The summed E-state index contributed by atoms with van der Waals surface area (Å²) in [4.78, 5) is 3.67. The van der Waals surface area contributed by atoms with Gasteiger partial charge in [0, 0.05) is 5.69 Å². The van der Waals surface area contributed by atoms with E-state index in [9.17, 15) is 18.3 Å². The van der Waals surface area contributed by atoms with Gasteiger partial charge in [0.25, 0.3) is 0 Å². The first-order valence-electron chi connectivity index (χ1n) is 6.68. The normalized spacial score (nSPS) is 13.5. The van der Waals surface area contributed by atoms with E-state index >= 15 is 0 Å². The summed E-state index contributed by atoms with van der Waals surface area (Å²) in [5.74, 6) is 0. The van der Waals surface area contributed by atoms with Crippen molar-refractivity contribution in [2.24, 2.45) is 0 Å². The molecule has 1 unspecified atom stereocenters. The molecule has 0 radical (unpaired) electrons. The molecule has 0 saturated carbocycles. The molecule has 6 heteroatoms. The molecule has 22 heavy (non-hydrogen) atoms. The second-order valence-corrected chi connectivity index (χ2v) is 5.02. The summed E-state index contributed by atoms with van der Waals surface area (Å²) in [6.45, 7) is 1.68. The number of hydrogen-bond acceptors (Lipinski definition) is 2. The van der Waals surface area contributed by atoms with Crippen LogP contribution < -0.4 is 0 Å². The average Bonchev–Trinajstić information content (AvgIpc) is 2.88. The number of fused-ring (bicyclic) bond motifs is 1. The van der Waals surface area contributed by atoms with Crippen LogP contribution in [-0.4, -0.2) is 14.5 Å². The zero-order chi connectivity index (χ0) is 15.9. The second kappa shape index (κ2) is 5.14. The molecular formula is C16H13F3N2O. The van der Waals surface area contributed by atoms with Gasteiger partial charge in [-0.1, -0.05) is 36.4 Å². The molecule has 1 atom stereocenters. The van der Waals surface area contributed by atoms with Crippen molar-refractivity contribution < 1.29 is 18.3 Å². The van der Waals surface area contributed by atoms with E-state index in [1.807, 2.05) is 0 Å². The summed E-state index contributed by atoms with van der Waals surface area (Å²) in [5, 5.41) is 10.5. The molecule has 0 aliphatic rings. The number of aliphatic hydroxyl groups excluding tert-OH is 1. The van der Waals surface area contributed by atoms with Gasteiger partial charge in [-0.05, 0) is 24.6 Å². The first-order chi connectivity index (χ1) is 10.4. The van der Waals surface area contributed by atoms with Crippen molar-refractivity contribution in [1.29, 1.82) is 0 Å². The van der Waals surface area contributed by atoms with E-state index in [-0.39, 0.29) is 11.3 Å². The van der Waals surface area contributed by atoms with Crippen LogP contribution in [0.3, 0.4) is 0 Å². The highest BCUT2D eigenvalue weighted by molar-refractivity contribution is 5.48. The van der Waals surface area contributed by atoms with Gasteiger partial charge in [-0.3, -0.25) is 4.40 Å². The molecule has 1 N–H and O–H groups in total. The Morgan fingerprint density at radius 2 is 1.73 bits per heavy atom. The lowest BCUT2D eigenvalue weighted by Crippen LogP contribution is -2.14. The maximum Gasteiger partial charge on any atom is 0.435 e. The van der Waals surface area contributed by atoms with Crippen LogP contribution in [-0.2, 0) is 6.18 Å². The van der Waals surface area contributed by atoms with Crippen molar-refractivity contribution >= 4 is 5.65 Å². The van der Waals surface area contributed by atoms with Crippen molar-refractivity contribution in [3.05, 3.63) is 71.2 Å². The first-order valence-corrected chi connectivity index (χ1v) is 6.68. The third-order valence-electron chi connectivity index (χ3n) is 3.52. The molecule has 2 heterocycles. The number of alkyl halides is 3. The average molecular weight is 306 g/mol. The second-order valence-electron chi connectivity index (χ2n) is 5.02. The predicted octanol–water partition coefficient (Wildman–Crippen LogP) is 3.74. The van der Waals surface area contributed by atoms with Crippen LogP contribution in [0.15, 0.2) is 48.5 Å². The topological polar surface area (TPSA) is 37.5 Å². The smallest absolute Gasteiger partial charge is 0.382 e. The molecule has 0 fully saturated rings. The summed E-state index contributed by atoms with van der Waals surface area (Å²) < 4.78 is 41.3. The van der Waals surface area contributed by atoms with Gasteiger partial charge in [0.2, 0.25) is 0 Å². The molecule has 0 bridgehead atoms. The molecule has 3 aromatic rings. The maximum absolute atomic E-state index is 13.3. The third kappa shape index (κ3) is 2.35. The fourth-order valence-electron chi connectivity index (χ4n) is 2.54. The Morgan fingerprint density at radius 1 is 1.05 bits per heavy atom. The van der Waals surface area contributed by atoms with Crippen molar-refractivity contribution in [3.63, 3.8) is 0 Å². The Hall–Kier alpha value is -2.34. The van der Waals surface area contributed by atoms with E-state index in [0.29, 0.717) is 11.3 Å². The number of rotatable bonds is 2. The van der Waals surface area contributed by atoms with Crippen LogP contribution in [0.1, 0.15) is 28.7 Å². The molecule has 114 valence electrons. The quantitative estimate of drug-likeness (QED) is 0.783. The van der Waals surface area contributed by atoms with Crippen molar-refractivity contribution in [1.82, 2.24) is 9.38 Å². The van der Waals surface area contributed by atoms with Gasteiger partial charge in [-0.2, -0.15) is 13.2 Å². The molecule has 0 amide bonds. The summed E-state index contributed by atoms with van der Waals surface area (Å²) in [6.07, 6.45) is -6.04. The number of nitrogens with zero attached hydrogens (tertiary/aromatic N) is 2. The molecule has 2 aromatic heterocycles. The zero-order valence-electron chi connectivity index (χ0n) is 11.7. The van der Waals surface area contributed by atoms with E-state index in [0.717, 1.165) is 0 Å². The van der Waals surface area contributed by atoms with Crippen LogP contribution in [0, 0.1) is 6.92 Å². The van der Waals surface area contributed by atoms with Gasteiger partial charge in [-0.25, -0.2) is 4.98 Å². The Bertz CT molecular complexity index is 809. The molecule has 0 saturated heterocycles. The van der Waals surface area contributed by atoms with Crippen molar-refractivity contribution in [2.45, 2.75) is 19.2 Å². The molecule has 1 aromatic carbocycles. The van der Waals surface area contributed by atoms with Gasteiger partial charge in [-0.15, -0.1) is 0 Å². The number of aryl methyl sites for hydroxylation is 1. The standard InChI is InChI=1S/C16H13F3N2O/c1-10-6-5-9-12-20-15(16(17,18)19)13(21(10)12)14(22)11-7-3-2-4-8-11/h2-9,14,22H,1H3. The number of benzene rings is 1. The summed E-state index contributed by atoms with van der Waals surface area (Å²) in [5.41, 5.74) is -0.189. The number of imidazole rings is 1. The van der Waals surface area contributed by atoms with Crippen LogP contribution in [0.2, 0.25) is 0 Å². The van der Waals surface area contributed by atoms with E-state index in [1.54, 1.807) is 49.4 Å². The molecule has 3 nitrogen and oxygen atoms in total. The summed E-state index contributed by atoms with van der Waals surface area (Å²) >= 11 is 0. The molecule has 0 spiro atoms. The van der Waals surface area contributed by atoms with E-state index in [2.05, 4.69) is 4.98 Å². The highest BCUT2D eigenvalue weighted by Crippen LogP contribution is 2.37. The van der Waals surface area contributed by atoms with Gasteiger partial charge in [0.05, 0.1) is 5.69 Å². The molecule has 0 aliphatic heterocycles. The van der Waals surface area contributed by atoms with Gasteiger partial charge in [0.15, 0.2) is 5.69 Å². The number of halogens is 3.